The van der Waals surface area contributed by atoms with E-state index < -0.39 is 6.10 Å². The molecule has 0 spiro atoms. The van der Waals surface area contributed by atoms with E-state index in [2.05, 4.69) is 58.6 Å². The maximum atomic E-state index is 10.4. The van der Waals surface area contributed by atoms with Crippen molar-refractivity contribution < 1.29 is 14.7 Å². The molecule has 1 aliphatic heterocycles. The van der Waals surface area contributed by atoms with Crippen LogP contribution in [-0.2, 0) is 22.4 Å². The van der Waals surface area contributed by atoms with Gasteiger partial charge in [-0.2, -0.15) is 0 Å². The minimum absolute atomic E-state index is 0.209. The molecule has 29 heavy (non-hydrogen) atoms. The summed E-state index contributed by atoms with van der Waals surface area (Å²) in [7, 11) is 0. The molecule has 0 amide bonds. The predicted octanol–water partition coefficient (Wildman–Crippen LogP) is 2.91. The van der Waals surface area contributed by atoms with Crippen LogP contribution in [0.4, 0.5) is 0 Å². The number of aryl methyl sites for hydroxylation is 1. The van der Waals surface area contributed by atoms with Crippen LogP contribution in [0.1, 0.15) is 23.1 Å². The van der Waals surface area contributed by atoms with E-state index in [9.17, 15) is 5.11 Å². The van der Waals surface area contributed by atoms with Crippen molar-refractivity contribution in [2.75, 3.05) is 39.5 Å². The number of fused-ring (bicyclic) bond motifs is 1. The first kappa shape index (κ1) is 20.1. The predicted molar refractivity (Wildman–Crippen MR) is 114 cm³/mol. The average Bonchev–Trinajstić information content (AvgIpc) is 2.76. The highest BCUT2D eigenvalue weighted by Crippen LogP contribution is 2.29. The first-order valence-electron chi connectivity index (χ1n) is 10.6. The number of oxime groups is 1. The Balaban J connectivity index is 1.43. The zero-order chi connectivity index (χ0) is 19.9. The van der Waals surface area contributed by atoms with Gasteiger partial charge < -0.3 is 14.7 Å². The number of hydrogen-bond donors (Lipinski definition) is 1. The SMILES string of the molecule is OC(CON=C1c2ccccc2CCC1Cc1ccccc1)CN1CCOCC1. The van der Waals surface area contributed by atoms with Crippen molar-refractivity contribution in [1.29, 1.82) is 0 Å². The minimum atomic E-state index is -0.552. The third-order valence-electron chi connectivity index (χ3n) is 5.77. The standard InChI is InChI=1S/C24H30N2O3/c27-22(17-26-12-14-28-15-13-26)18-29-25-24-21(16-19-6-2-1-3-7-19)11-10-20-8-4-5-9-23(20)24/h1-9,21-22,27H,10-18H2. The first-order valence-corrected chi connectivity index (χ1v) is 10.6. The Kier molecular flexibility index (Phi) is 6.93. The lowest BCUT2D eigenvalue weighted by Gasteiger charge is -2.28. The lowest BCUT2D eigenvalue weighted by atomic mass is 9.79. The van der Waals surface area contributed by atoms with Crippen LogP contribution in [0.15, 0.2) is 59.8 Å². The van der Waals surface area contributed by atoms with Gasteiger partial charge in [0.15, 0.2) is 0 Å². The number of aliphatic hydroxyl groups is 1. The van der Waals surface area contributed by atoms with Crippen molar-refractivity contribution in [2.45, 2.75) is 25.4 Å². The molecule has 0 aromatic heterocycles. The van der Waals surface area contributed by atoms with Gasteiger partial charge >= 0.3 is 0 Å². The molecule has 4 rings (SSSR count). The molecule has 154 valence electrons. The van der Waals surface area contributed by atoms with Crippen molar-refractivity contribution in [3.05, 3.63) is 71.3 Å². The second-order valence-corrected chi connectivity index (χ2v) is 7.92. The third kappa shape index (κ3) is 5.44. The van der Waals surface area contributed by atoms with Gasteiger partial charge in [0.25, 0.3) is 0 Å². The van der Waals surface area contributed by atoms with Crippen LogP contribution in [0.3, 0.4) is 0 Å². The number of benzene rings is 2. The summed E-state index contributed by atoms with van der Waals surface area (Å²) < 4.78 is 5.36. The maximum absolute atomic E-state index is 10.4. The molecule has 0 saturated carbocycles. The molecule has 0 bridgehead atoms. The molecule has 5 heteroatoms. The van der Waals surface area contributed by atoms with E-state index in [1.54, 1.807) is 0 Å². The topological polar surface area (TPSA) is 54.3 Å². The Hall–Kier alpha value is -2.21. The van der Waals surface area contributed by atoms with E-state index in [4.69, 9.17) is 9.57 Å². The first-order chi connectivity index (χ1) is 14.3. The Morgan fingerprint density at radius 3 is 2.66 bits per heavy atom. The summed E-state index contributed by atoms with van der Waals surface area (Å²) in [4.78, 5) is 7.89. The summed E-state index contributed by atoms with van der Waals surface area (Å²) in [5, 5.41) is 14.9. The highest BCUT2D eigenvalue weighted by atomic mass is 16.6. The molecular formula is C24H30N2O3. The molecular weight excluding hydrogens is 364 g/mol. The quantitative estimate of drug-likeness (QED) is 0.734. The third-order valence-corrected chi connectivity index (χ3v) is 5.77. The Bertz CT molecular complexity index is 803. The zero-order valence-corrected chi connectivity index (χ0v) is 16.9. The molecule has 2 aliphatic rings. The van der Waals surface area contributed by atoms with Crippen LogP contribution in [0.2, 0.25) is 0 Å². The fraction of sp³-hybridized carbons (Fsp3) is 0.458. The van der Waals surface area contributed by atoms with E-state index in [-0.39, 0.29) is 6.61 Å². The summed E-state index contributed by atoms with van der Waals surface area (Å²) in [5.41, 5.74) is 4.83. The normalized spacial score (nSPS) is 22.2. The summed E-state index contributed by atoms with van der Waals surface area (Å²) in [5.74, 6) is 0.323. The van der Waals surface area contributed by atoms with Gasteiger partial charge in [-0.25, -0.2) is 0 Å². The monoisotopic (exact) mass is 394 g/mol. The van der Waals surface area contributed by atoms with Gasteiger partial charge in [-0.1, -0.05) is 59.8 Å². The Morgan fingerprint density at radius 2 is 1.83 bits per heavy atom. The molecule has 1 saturated heterocycles. The molecule has 2 aromatic carbocycles. The van der Waals surface area contributed by atoms with Crippen molar-refractivity contribution in [3.63, 3.8) is 0 Å². The van der Waals surface area contributed by atoms with Crippen LogP contribution in [-0.4, -0.2) is 61.3 Å². The molecule has 2 aromatic rings. The number of aliphatic hydroxyl groups excluding tert-OH is 1. The van der Waals surface area contributed by atoms with Gasteiger partial charge in [0.1, 0.15) is 12.7 Å². The molecule has 1 heterocycles. The van der Waals surface area contributed by atoms with E-state index in [1.165, 1.54) is 16.7 Å². The Labute approximate surface area is 172 Å². The summed E-state index contributed by atoms with van der Waals surface area (Å²) in [6, 6.07) is 19.0. The maximum Gasteiger partial charge on any atom is 0.144 e. The number of rotatable bonds is 7. The molecule has 1 fully saturated rings. The van der Waals surface area contributed by atoms with E-state index in [0.29, 0.717) is 12.5 Å². The van der Waals surface area contributed by atoms with Gasteiger partial charge in [-0.15, -0.1) is 0 Å². The molecule has 5 nitrogen and oxygen atoms in total. The van der Waals surface area contributed by atoms with Gasteiger partial charge in [0.2, 0.25) is 0 Å². The van der Waals surface area contributed by atoms with Crippen molar-refractivity contribution in [1.82, 2.24) is 4.90 Å². The number of nitrogens with zero attached hydrogens (tertiary/aromatic N) is 2. The highest BCUT2D eigenvalue weighted by molar-refractivity contribution is 6.04. The van der Waals surface area contributed by atoms with Gasteiger partial charge in [0.05, 0.1) is 18.9 Å². The second kappa shape index (κ2) is 10.0. The molecule has 1 N–H and O–H groups in total. The molecule has 0 radical (unpaired) electrons. The largest absolute Gasteiger partial charge is 0.393 e. The van der Waals surface area contributed by atoms with Crippen LogP contribution in [0, 0.1) is 5.92 Å². The van der Waals surface area contributed by atoms with E-state index in [0.717, 1.165) is 51.3 Å². The van der Waals surface area contributed by atoms with Crippen LogP contribution in [0.25, 0.3) is 0 Å². The van der Waals surface area contributed by atoms with E-state index >= 15 is 0 Å². The zero-order valence-electron chi connectivity index (χ0n) is 16.9. The molecule has 1 aliphatic carbocycles. The number of β-amino-alcohol motifs (C(OH)–C–C–N with tert-alkyl or cyclic N) is 1. The van der Waals surface area contributed by atoms with Crippen LogP contribution in [0.5, 0.6) is 0 Å². The van der Waals surface area contributed by atoms with Gasteiger partial charge in [-0.3, -0.25) is 4.90 Å². The fourth-order valence-electron chi connectivity index (χ4n) is 4.22. The average molecular weight is 395 g/mol. The van der Waals surface area contributed by atoms with Gasteiger partial charge in [0, 0.05) is 31.1 Å². The van der Waals surface area contributed by atoms with Crippen molar-refractivity contribution in [2.24, 2.45) is 11.1 Å². The highest BCUT2D eigenvalue weighted by Gasteiger charge is 2.26. The van der Waals surface area contributed by atoms with Crippen molar-refractivity contribution >= 4 is 5.71 Å². The van der Waals surface area contributed by atoms with Crippen LogP contribution >= 0.6 is 0 Å². The van der Waals surface area contributed by atoms with Crippen LogP contribution < -0.4 is 0 Å². The van der Waals surface area contributed by atoms with Crippen molar-refractivity contribution in [3.8, 4) is 0 Å². The number of ether oxygens (including phenoxy) is 1. The molecule has 2 unspecified atom stereocenters. The second-order valence-electron chi connectivity index (χ2n) is 7.92. The van der Waals surface area contributed by atoms with Gasteiger partial charge in [-0.05, 0) is 30.4 Å². The number of hydrogen-bond acceptors (Lipinski definition) is 5. The molecule has 2 atom stereocenters. The van der Waals surface area contributed by atoms with E-state index in [1.807, 2.05) is 6.07 Å². The lowest BCUT2D eigenvalue weighted by molar-refractivity contribution is -0.0133. The number of morpholine rings is 1. The smallest absolute Gasteiger partial charge is 0.144 e. The summed E-state index contributed by atoms with van der Waals surface area (Å²) in [6.07, 6.45) is 2.52. The fourth-order valence-corrected chi connectivity index (χ4v) is 4.22. The summed E-state index contributed by atoms with van der Waals surface area (Å²) >= 11 is 0. The summed E-state index contributed by atoms with van der Waals surface area (Å²) in [6.45, 7) is 3.98. The minimum Gasteiger partial charge on any atom is -0.393 e. The lowest BCUT2D eigenvalue weighted by Crippen LogP contribution is -2.42. The Morgan fingerprint density at radius 1 is 1.07 bits per heavy atom.